The number of nitrogens with zero attached hydrogens (tertiary/aromatic N) is 1. The van der Waals surface area contributed by atoms with Crippen LogP contribution in [0, 0.1) is 6.92 Å². The van der Waals surface area contributed by atoms with E-state index in [9.17, 15) is 27.9 Å². The van der Waals surface area contributed by atoms with Crippen LogP contribution in [-0.2, 0) is 11.0 Å². The highest BCUT2D eigenvalue weighted by Gasteiger charge is 2.45. The molecule has 1 N–H and O–H groups in total. The number of benzene rings is 3. The molecule has 1 aliphatic rings. The van der Waals surface area contributed by atoms with Gasteiger partial charge in [0, 0.05) is 11.3 Å². The lowest BCUT2D eigenvalue weighted by molar-refractivity contribution is -0.137. The Morgan fingerprint density at radius 1 is 0.914 bits per heavy atom. The lowest BCUT2D eigenvalue weighted by atomic mass is 9.91. The van der Waals surface area contributed by atoms with Gasteiger partial charge in [-0.2, -0.15) is 13.2 Å². The molecule has 7 heteroatoms. The summed E-state index contributed by atoms with van der Waals surface area (Å²) >= 11 is 0. The molecule has 35 heavy (non-hydrogen) atoms. The van der Waals surface area contributed by atoms with E-state index in [2.05, 4.69) is 0 Å². The van der Waals surface area contributed by atoms with Gasteiger partial charge in [0.2, 0.25) is 0 Å². The molecule has 0 aliphatic carbocycles. The van der Waals surface area contributed by atoms with E-state index in [0.717, 1.165) is 23.3 Å². The van der Waals surface area contributed by atoms with Gasteiger partial charge in [-0.15, -0.1) is 0 Å². The van der Waals surface area contributed by atoms with Crippen LogP contribution < -0.4 is 4.90 Å². The number of anilines is 1. The Morgan fingerprint density at radius 3 is 2.00 bits per heavy atom. The van der Waals surface area contributed by atoms with E-state index in [1.807, 2.05) is 32.9 Å². The van der Waals surface area contributed by atoms with Crippen LogP contribution in [0.4, 0.5) is 18.9 Å². The summed E-state index contributed by atoms with van der Waals surface area (Å²) < 4.78 is 39.3. The van der Waals surface area contributed by atoms with Gasteiger partial charge in [0.15, 0.2) is 11.5 Å². The number of hydrogen-bond donors (Lipinski definition) is 1. The number of alkyl halides is 3. The lowest BCUT2D eigenvalue weighted by Crippen LogP contribution is -2.31. The van der Waals surface area contributed by atoms with Gasteiger partial charge < -0.3 is 5.11 Å². The van der Waals surface area contributed by atoms with Crippen LogP contribution in [0.3, 0.4) is 0 Å². The number of rotatable bonds is 5. The summed E-state index contributed by atoms with van der Waals surface area (Å²) in [4.78, 5) is 27.8. The number of aliphatic hydroxyl groups is 1. The van der Waals surface area contributed by atoms with Crippen molar-refractivity contribution in [2.45, 2.75) is 38.9 Å². The van der Waals surface area contributed by atoms with Gasteiger partial charge in [0.1, 0.15) is 0 Å². The van der Waals surface area contributed by atoms with Crippen LogP contribution >= 0.6 is 0 Å². The molecule has 3 aromatic carbocycles. The maximum Gasteiger partial charge on any atom is 0.416 e. The topological polar surface area (TPSA) is 57.6 Å². The van der Waals surface area contributed by atoms with Gasteiger partial charge in [-0.25, -0.2) is 0 Å². The zero-order chi connectivity index (χ0) is 25.5. The number of Topliss-reactive ketones (excluding diaryl/α,β-unsaturated/α-hetero) is 1. The fraction of sp³-hybridized carbons (Fsp3) is 0.214. The van der Waals surface area contributed by atoms with Gasteiger partial charge in [-0.1, -0.05) is 67.9 Å². The first-order valence-corrected chi connectivity index (χ1v) is 11.1. The normalized spacial score (nSPS) is 16.4. The molecule has 3 aromatic rings. The molecular weight excluding hydrogens is 455 g/mol. The predicted octanol–water partition coefficient (Wildman–Crippen LogP) is 6.92. The summed E-state index contributed by atoms with van der Waals surface area (Å²) in [6.45, 7) is 5.93. The predicted molar refractivity (Wildman–Crippen MR) is 127 cm³/mol. The van der Waals surface area contributed by atoms with Crippen molar-refractivity contribution in [3.63, 3.8) is 0 Å². The van der Waals surface area contributed by atoms with E-state index in [1.54, 1.807) is 36.4 Å². The minimum atomic E-state index is -4.54. The van der Waals surface area contributed by atoms with Gasteiger partial charge in [0.25, 0.3) is 5.91 Å². The molecule has 1 aliphatic heterocycles. The van der Waals surface area contributed by atoms with E-state index in [1.165, 1.54) is 17.0 Å². The highest BCUT2D eigenvalue weighted by atomic mass is 19.4. The van der Waals surface area contributed by atoms with Crippen molar-refractivity contribution in [2.24, 2.45) is 0 Å². The molecule has 1 atom stereocenters. The number of aryl methyl sites for hydroxylation is 1. The van der Waals surface area contributed by atoms with Crippen molar-refractivity contribution in [3.05, 3.63) is 112 Å². The largest absolute Gasteiger partial charge is 0.503 e. The van der Waals surface area contributed by atoms with Gasteiger partial charge in [-0.05, 0) is 48.2 Å². The van der Waals surface area contributed by atoms with Crippen molar-refractivity contribution >= 4 is 17.4 Å². The summed E-state index contributed by atoms with van der Waals surface area (Å²) in [5.74, 6) is -1.84. The third-order valence-electron chi connectivity index (χ3n) is 6.16. The van der Waals surface area contributed by atoms with E-state index < -0.39 is 35.2 Å². The van der Waals surface area contributed by atoms with E-state index in [-0.39, 0.29) is 17.2 Å². The third kappa shape index (κ3) is 4.58. The Balaban J connectivity index is 1.84. The van der Waals surface area contributed by atoms with Crippen molar-refractivity contribution < 1.29 is 27.9 Å². The zero-order valence-electron chi connectivity index (χ0n) is 19.4. The highest BCUT2D eigenvalue weighted by molar-refractivity contribution is 6.20. The molecule has 0 bridgehead atoms. The Kier molecular flexibility index (Phi) is 6.28. The van der Waals surface area contributed by atoms with Crippen LogP contribution in [0.2, 0.25) is 0 Å². The first-order valence-electron chi connectivity index (χ1n) is 11.1. The van der Waals surface area contributed by atoms with Gasteiger partial charge in [-0.3, -0.25) is 14.5 Å². The quantitative estimate of drug-likeness (QED) is 0.404. The molecule has 1 heterocycles. The maximum absolute atomic E-state index is 13.5. The smallest absolute Gasteiger partial charge is 0.416 e. The van der Waals surface area contributed by atoms with Crippen LogP contribution in [-0.4, -0.2) is 16.8 Å². The van der Waals surface area contributed by atoms with E-state index in [4.69, 9.17) is 0 Å². The first-order chi connectivity index (χ1) is 16.5. The number of carbonyl (C=O) groups excluding carboxylic acids is 2. The Bertz CT molecular complexity index is 1290. The molecule has 4 rings (SSSR count). The molecule has 1 unspecified atom stereocenters. The van der Waals surface area contributed by atoms with E-state index in [0.29, 0.717) is 11.1 Å². The fourth-order valence-corrected chi connectivity index (χ4v) is 4.15. The first kappa shape index (κ1) is 24.3. The fourth-order valence-electron chi connectivity index (χ4n) is 4.15. The SMILES string of the molecule is Cc1ccc(C(=O)C2=C(O)C(=O)N(c3ccc(C(F)(F)F)cc3)C2c2ccc(C(C)C)cc2)cc1. The minimum absolute atomic E-state index is 0.115. The summed E-state index contributed by atoms with van der Waals surface area (Å²) in [6, 6.07) is 17.1. The molecular formula is C28H24F3NO3. The standard InChI is InChI=1S/C28H24F3NO3/c1-16(2)18-8-10-19(11-9-18)24-23(25(33)20-6-4-17(3)5-7-20)26(34)27(35)32(24)22-14-12-21(13-15-22)28(29,30)31/h4-16,24,34H,1-3H3. The summed E-state index contributed by atoms with van der Waals surface area (Å²) in [7, 11) is 0. The summed E-state index contributed by atoms with van der Waals surface area (Å²) in [5.41, 5.74) is 1.99. The average molecular weight is 479 g/mol. The number of hydrogen-bond acceptors (Lipinski definition) is 3. The van der Waals surface area contributed by atoms with Crippen LogP contribution in [0.1, 0.15) is 58.4 Å². The molecule has 0 saturated carbocycles. The second-order valence-corrected chi connectivity index (χ2v) is 8.90. The number of halogens is 3. The third-order valence-corrected chi connectivity index (χ3v) is 6.16. The number of amides is 1. The molecule has 0 fully saturated rings. The second kappa shape index (κ2) is 9.06. The lowest BCUT2D eigenvalue weighted by Gasteiger charge is -2.27. The Labute approximate surface area is 201 Å². The average Bonchev–Trinajstić information content (AvgIpc) is 3.09. The number of aliphatic hydroxyl groups excluding tert-OH is 1. The van der Waals surface area contributed by atoms with E-state index >= 15 is 0 Å². The Hall–Kier alpha value is -3.87. The van der Waals surface area contributed by atoms with Crippen molar-refractivity contribution in [1.29, 1.82) is 0 Å². The molecule has 0 radical (unpaired) electrons. The van der Waals surface area contributed by atoms with Crippen LogP contribution in [0.25, 0.3) is 0 Å². The zero-order valence-corrected chi connectivity index (χ0v) is 19.4. The second-order valence-electron chi connectivity index (χ2n) is 8.90. The minimum Gasteiger partial charge on any atom is -0.503 e. The molecule has 4 nitrogen and oxygen atoms in total. The highest BCUT2D eigenvalue weighted by Crippen LogP contribution is 2.43. The maximum atomic E-state index is 13.5. The van der Waals surface area contributed by atoms with Crippen molar-refractivity contribution in [1.82, 2.24) is 0 Å². The number of carbonyl (C=O) groups is 2. The molecule has 0 spiro atoms. The molecule has 1 amide bonds. The summed E-state index contributed by atoms with van der Waals surface area (Å²) in [6.07, 6.45) is -4.54. The Morgan fingerprint density at radius 2 is 1.49 bits per heavy atom. The van der Waals surface area contributed by atoms with Gasteiger partial charge >= 0.3 is 6.18 Å². The molecule has 0 saturated heterocycles. The monoisotopic (exact) mass is 479 g/mol. The molecule has 0 aromatic heterocycles. The van der Waals surface area contributed by atoms with Crippen LogP contribution in [0.15, 0.2) is 84.1 Å². The molecule has 180 valence electrons. The van der Waals surface area contributed by atoms with Gasteiger partial charge in [0.05, 0.1) is 17.2 Å². The van der Waals surface area contributed by atoms with Crippen LogP contribution in [0.5, 0.6) is 0 Å². The van der Waals surface area contributed by atoms with Crippen molar-refractivity contribution in [2.75, 3.05) is 4.90 Å². The number of ketones is 1. The summed E-state index contributed by atoms with van der Waals surface area (Å²) in [5, 5.41) is 10.8. The van der Waals surface area contributed by atoms with Crippen molar-refractivity contribution in [3.8, 4) is 0 Å².